The maximum absolute atomic E-state index is 5.98. The third-order valence-corrected chi connectivity index (χ3v) is 3.69. The number of ether oxygens (including phenoxy) is 1. The number of hydrogen-bond donors (Lipinski definition) is 1. The second-order valence-corrected chi connectivity index (χ2v) is 5.04. The van der Waals surface area contributed by atoms with Crippen molar-refractivity contribution in [1.82, 2.24) is 0 Å². The number of hydrogen-bond acceptors (Lipinski definition) is 2. The normalized spacial score (nSPS) is 17.6. The van der Waals surface area contributed by atoms with Crippen molar-refractivity contribution in [3.63, 3.8) is 0 Å². The van der Waals surface area contributed by atoms with Crippen molar-refractivity contribution in [2.75, 3.05) is 6.54 Å². The van der Waals surface area contributed by atoms with Gasteiger partial charge in [-0.15, -0.1) is 0 Å². The van der Waals surface area contributed by atoms with Crippen LogP contribution in [0.1, 0.15) is 18.4 Å². The van der Waals surface area contributed by atoms with E-state index in [-0.39, 0.29) is 0 Å². The molecule has 0 fully saturated rings. The first-order valence-corrected chi connectivity index (χ1v) is 6.92. The minimum Gasteiger partial charge on any atom is -0.490 e. The largest absolute Gasteiger partial charge is 0.490 e. The quantitative estimate of drug-likeness (QED) is 0.910. The van der Waals surface area contributed by atoms with E-state index in [1.165, 1.54) is 16.7 Å². The van der Waals surface area contributed by atoms with Crippen LogP contribution in [0, 0.1) is 0 Å². The van der Waals surface area contributed by atoms with E-state index in [0.29, 0.717) is 12.6 Å². The molecule has 98 valence electrons. The fourth-order valence-electron chi connectivity index (χ4n) is 2.64. The van der Waals surface area contributed by atoms with Crippen molar-refractivity contribution >= 4 is 0 Å². The molecule has 0 radical (unpaired) electrons. The summed E-state index contributed by atoms with van der Waals surface area (Å²) in [5.41, 5.74) is 9.44. The van der Waals surface area contributed by atoms with E-state index in [1.807, 2.05) is 6.07 Å². The van der Waals surface area contributed by atoms with Crippen LogP contribution in [0.2, 0.25) is 0 Å². The summed E-state index contributed by atoms with van der Waals surface area (Å²) in [6.45, 7) is 0.697. The van der Waals surface area contributed by atoms with E-state index < -0.39 is 0 Å². The van der Waals surface area contributed by atoms with E-state index >= 15 is 0 Å². The molecule has 3 rings (SSSR count). The number of benzene rings is 2. The third-order valence-electron chi connectivity index (χ3n) is 3.69. The van der Waals surface area contributed by atoms with E-state index in [0.717, 1.165) is 25.0 Å². The summed E-state index contributed by atoms with van der Waals surface area (Å²) in [6, 6.07) is 17.0. The lowest BCUT2D eigenvalue weighted by molar-refractivity contribution is 0.166. The van der Waals surface area contributed by atoms with Crippen LogP contribution in [0.4, 0.5) is 0 Å². The zero-order chi connectivity index (χ0) is 13.1. The summed E-state index contributed by atoms with van der Waals surface area (Å²) in [5.74, 6) is 1.03. The molecular weight excluding hydrogens is 234 g/mol. The molecule has 19 heavy (non-hydrogen) atoms. The van der Waals surface area contributed by atoms with Crippen LogP contribution in [0.25, 0.3) is 11.1 Å². The maximum Gasteiger partial charge on any atom is 0.122 e. The van der Waals surface area contributed by atoms with Crippen molar-refractivity contribution in [1.29, 1.82) is 0 Å². The topological polar surface area (TPSA) is 35.2 Å². The first kappa shape index (κ1) is 12.2. The molecule has 0 bridgehead atoms. The van der Waals surface area contributed by atoms with Gasteiger partial charge in [0.2, 0.25) is 0 Å². The average molecular weight is 253 g/mol. The van der Waals surface area contributed by atoms with Crippen molar-refractivity contribution in [2.45, 2.75) is 25.4 Å². The molecule has 2 aromatic carbocycles. The highest BCUT2D eigenvalue weighted by atomic mass is 16.5. The van der Waals surface area contributed by atoms with Crippen molar-refractivity contribution in [2.24, 2.45) is 5.73 Å². The molecule has 2 aromatic rings. The SMILES string of the molecule is NCCC1CCc2cc(-c3ccccc3)ccc2O1. The summed E-state index contributed by atoms with van der Waals surface area (Å²) in [7, 11) is 0. The highest BCUT2D eigenvalue weighted by Gasteiger charge is 2.19. The zero-order valence-corrected chi connectivity index (χ0v) is 11.0. The van der Waals surface area contributed by atoms with Gasteiger partial charge >= 0.3 is 0 Å². The molecule has 0 saturated heterocycles. The number of rotatable bonds is 3. The van der Waals surface area contributed by atoms with Crippen molar-refractivity contribution in [3.8, 4) is 16.9 Å². The molecule has 1 atom stereocenters. The summed E-state index contributed by atoms with van der Waals surface area (Å²) < 4.78 is 5.98. The first-order chi connectivity index (χ1) is 9.36. The summed E-state index contributed by atoms with van der Waals surface area (Å²) in [4.78, 5) is 0. The highest BCUT2D eigenvalue weighted by Crippen LogP contribution is 2.32. The van der Waals surface area contributed by atoms with E-state index in [1.54, 1.807) is 0 Å². The standard InChI is InChI=1S/C17H19NO/c18-11-10-16-8-6-15-12-14(7-9-17(15)19-16)13-4-2-1-3-5-13/h1-5,7,9,12,16H,6,8,10-11,18H2. The fourth-order valence-corrected chi connectivity index (χ4v) is 2.64. The summed E-state index contributed by atoms with van der Waals surface area (Å²) >= 11 is 0. The molecule has 2 heteroatoms. The third kappa shape index (κ3) is 2.64. The Morgan fingerprint density at radius 1 is 1.05 bits per heavy atom. The Hall–Kier alpha value is -1.80. The molecule has 1 unspecified atom stereocenters. The molecule has 1 aliphatic rings. The Morgan fingerprint density at radius 3 is 2.68 bits per heavy atom. The van der Waals surface area contributed by atoms with Gasteiger partial charge in [-0.1, -0.05) is 36.4 Å². The van der Waals surface area contributed by atoms with Gasteiger partial charge in [-0.2, -0.15) is 0 Å². The Bertz CT molecular complexity index is 550. The van der Waals surface area contributed by atoms with Gasteiger partial charge in [0.15, 0.2) is 0 Å². The molecule has 0 aromatic heterocycles. The van der Waals surface area contributed by atoms with E-state index in [4.69, 9.17) is 10.5 Å². The van der Waals surface area contributed by atoms with Gasteiger partial charge < -0.3 is 10.5 Å². The fraction of sp³-hybridized carbons (Fsp3) is 0.294. The van der Waals surface area contributed by atoms with Gasteiger partial charge in [0.05, 0.1) is 0 Å². The lowest BCUT2D eigenvalue weighted by Gasteiger charge is -2.26. The summed E-state index contributed by atoms with van der Waals surface area (Å²) in [6.07, 6.45) is 3.39. The predicted molar refractivity (Wildman–Crippen MR) is 78.3 cm³/mol. The minimum absolute atomic E-state index is 0.292. The molecule has 2 N–H and O–H groups in total. The van der Waals surface area contributed by atoms with Crippen LogP contribution in [-0.4, -0.2) is 12.6 Å². The maximum atomic E-state index is 5.98. The Kier molecular flexibility index (Phi) is 3.51. The zero-order valence-electron chi connectivity index (χ0n) is 11.0. The Balaban J connectivity index is 1.86. The Labute approximate surface area is 114 Å². The van der Waals surface area contributed by atoms with Gasteiger partial charge in [0, 0.05) is 0 Å². The van der Waals surface area contributed by atoms with Gasteiger partial charge in [0.25, 0.3) is 0 Å². The molecule has 0 amide bonds. The number of aryl methyl sites for hydroxylation is 1. The van der Waals surface area contributed by atoms with Crippen molar-refractivity contribution < 1.29 is 4.74 Å². The number of fused-ring (bicyclic) bond motifs is 1. The van der Waals surface area contributed by atoms with E-state index in [2.05, 4.69) is 42.5 Å². The van der Waals surface area contributed by atoms with Crippen molar-refractivity contribution in [3.05, 3.63) is 54.1 Å². The van der Waals surface area contributed by atoms with Crippen LogP contribution in [0.5, 0.6) is 5.75 Å². The van der Waals surface area contributed by atoms with Crippen LogP contribution in [0.3, 0.4) is 0 Å². The van der Waals surface area contributed by atoms with Gasteiger partial charge in [-0.3, -0.25) is 0 Å². The van der Waals surface area contributed by atoms with Crippen LogP contribution < -0.4 is 10.5 Å². The predicted octanol–water partition coefficient (Wildman–Crippen LogP) is 3.40. The minimum atomic E-state index is 0.292. The number of nitrogens with two attached hydrogens (primary N) is 1. The van der Waals surface area contributed by atoms with Crippen LogP contribution >= 0.6 is 0 Å². The molecule has 1 heterocycles. The second kappa shape index (κ2) is 5.45. The summed E-state index contributed by atoms with van der Waals surface area (Å²) in [5, 5.41) is 0. The van der Waals surface area contributed by atoms with E-state index in [9.17, 15) is 0 Å². The lowest BCUT2D eigenvalue weighted by atomic mass is 9.96. The smallest absolute Gasteiger partial charge is 0.122 e. The van der Waals surface area contributed by atoms with Gasteiger partial charge in [-0.25, -0.2) is 0 Å². The van der Waals surface area contributed by atoms with Gasteiger partial charge in [0.1, 0.15) is 11.9 Å². The van der Waals surface area contributed by atoms with Gasteiger partial charge in [-0.05, 0) is 54.6 Å². The molecule has 0 spiro atoms. The molecule has 2 nitrogen and oxygen atoms in total. The molecule has 0 saturated carbocycles. The average Bonchev–Trinajstić information content (AvgIpc) is 2.48. The highest BCUT2D eigenvalue weighted by molar-refractivity contribution is 5.65. The first-order valence-electron chi connectivity index (χ1n) is 6.92. The van der Waals surface area contributed by atoms with Crippen LogP contribution in [-0.2, 0) is 6.42 Å². The monoisotopic (exact) mass is 253 g/mol. The molecular formula is C17H19NO. The lowest BCUT2D eigenvalue weighted by Crippen LogP contribution is -2.25. The molecule has 0 aliphatic carbocycles. The molecule has 1 aliphatic heterocycles. The Morgan fingerprint density at radius 2 is 1.89 bits per heavy atom. The second-order valence-electron chi connectivity index (χ2n) is 5.04. The van der Waals surface area contributed by atoms with Crippen LogP contribution in [0.15, 0.2) is 48.5 Å².